The number of carbonyl (C=O) groups is 2. The highest BCUT2D eigenvalue weighted by Crippen LogP contribution is 2.13. The van der Waals surface area contributed by atoms with Crippen molar-refractivity contribution in [3.05, 3.63) is 65.0 Å². The van der Waals surface area contributed by atoms with Crippen LogP contribution in [-0.2, 0) is 17.8 Å². The van der Waals surface area contributed by atoms with Crippen LogP contribution in [0.25, 0.3) is 0 Å². The van der Waals surface area contributed by atoms with E-state index in [1.807, 2.05) is 35.2 Å². The van der Waals surface area contributed by atoms with Crippen LogP contribution in [0.1, 0.15) is 34.0 Å². The highest BCUT2D eigenvalue weighted by Gasteiger charge is 2.17. The summed E-state index contributed by atoms with van der Waals surface area (Å²) < 4.78 is 0. The standard InChI is InChI=1S/C21H25N5O2/c1-15(22)10-25-21(28)19-9-18(11-24-12-19)8-16-2-4-17(5-3-16)14-26-7-6-23-13-20(26)27/h2-5,9,11-12,22-23H,6-8,10,13-14H2,1H3,(H,25,28). The van der Waals surface area contributed by atoms with Crippen LogP contribution in [0.3, 0.4) is 0 Å². The number of benzene rings is 1. The van der Waals surface area contributed by atoms with Gasteiger partial charge in [0.15, 0.2) is 0 Å². The molecule has 1 fully saturated rings. The van der Waals surface area contributed by atoms with Crippen molar-refractivity contribution in [1.82, 2.24) is 20.5 Å². The second-order valence-corrected chi connectivity index (χ2v) is 7.03. The van der Waals surface area contributed by atoms with E-state index in [1.54, 1.807) is 13.1 Å². The smallest absolute Gasteiger partial charge is 0.253 e. The van der Waals surface area contributed by atoms with Crippen molar-refractivity contribution < 1.29 is 9.59 Å². The van der Waals surface area contributed by atoms with E-state index in [9.17, 15) is 9.59 Å². The Hall–Kier alpha value is -3.06. The number of hydrogen-bond donors (Lipinski definition) is 3. The Kier molecular flexibility index (Phi) is 6.49. The van der Waals surface area contributed by atoms with Gasteiger partial charge in [0, 0.05) is 37.7 Å². The second kappa shape index (κ2) is 9.23. The van der Waals surface area contributed by atoms with E-state index < -0.39 is 0 Å². The number of hydrogen-bond acceptors (Lipinski definition) is 5. The average molecular weight is 379 g/mol. The summed E-state index contributed by atoms with van der Waals surface area (Å²) in [7, 11) is 0. The van der Waals surface area contributed by atoms with Crippen LogP contribution >= 0.6 is 0 Å². The molecule has 3 N–H and O–H groups in total. The fraction of sp³-hybridized carbons (Fsp3) is 0.333. The van der Waals surface area contributed by atoms with Crippen LogP contribution in [0.15, 0.2) is 42.7 Å². The summed E-state index contributed by atoms with van der Waals surface area (Å²) in [6, 6.07) is 10.0. The molecule has 1 aliphatic heterocycles. The molecule has 1 saturated heterocycles. The summed E-state index contributed by atoms with van der Waals surface area (Å²) in [6.45, 7) is 4.49. The highest BCUT2D eigenvalue weighted by atomic mass is 16.2. The third-order valence-corrected chi connectivity index (χ3v) is 4.56. The third kappa shape index (κ3) is 5.47. The van der Waals surface area contributed by atoms with Crippen molar-refractivity contribution in [2.24, 2.45) is 0 Å². The molecule has 1 aromatic carbocycles. The van der Waals surface area contributed by atoms with Crippen LogP contribution in [0.2, 0.25) is 0 Å². The fourth-order valence-electron chi connectivity index (χ4n) is 3.06. The predicted molar refractivity (Wildman–Crippen MR) is 108 cm³/mol. The molecule has 0 spiro atoms. The molecular formula is C21H25N5O2. The van der Waals surface area contributed by atoms with Gasteiger partial charge in [-0.3, -0.25) is 14.6 Å². The van der Waals surface area contributed by atoms with Gasteiger partial charge in [-0.25, -0.2) is 0 Å². The summed E-state index contributed by atoms with van der Waals surface area (Å²) in [5, 5.41) is 13.2. The summed E-state index contributed by atoms with van der Waals surface area (Å²) in [5.41, 5.74) is 4.06. The summed E-state index contributed by atoms with van der Waals surface area (Å²) in [5.74, 6) is -0.0910. The monoisotopic (exact) mass is 379 g/mol. The normalized spacial score (nSPS) is 14.0. The molecular weight excluding hydrogens is 354 g/mol. The summed E-state index contributed by atoms with van der Waals surface area (Å²) in [4.78, 5) is 30.1. The van der Waals surface area contributed by atoms with Gasteiger partial charge in [0.05, 0.1) is 18.7 Å². The minimum absolute atomic E-state index is 0.134. The zero-order valence-corrected chi connectivity index (χ0v) is 16.0. The predicted octanol–water partition coefficient (Wildman–Crippen LogP) is 1.37. The van der Waals surface area contributed by atoms with E-state index in [4.69, 9.17) is 5.41 Å². The van der Waals surface area contributed by atoms with Crippen molar-refractivity contribution in [1.29, 1.82) is 5.41 Å². The zero-order valence-electron chi connectivity index (χ0n) is 16.0. The largest absolute Gasteiger partial charge is 0.347 e. The molecule has 7 nitrogen and oxygen atoms in total. The molecule has 1 aromatic heterocycles. The number of aromatic nitrogens is 1. The van der Waals surface area contributed by atoms with E-state index in [0.717, 1.165) is 29.8 Å². The maximum atomic E-state index is 12.1. The van der Waals surface area contributed by atoms with Crippen molar-refractivity contribution in [3.8, 4) is 0 Å². The van der Waals surface area contributed by atoms with Gasteiger partial charge in [0.2, 0.25) is 5.91 Å². The van der Waals surface area contributed by atoms with Crippen LogP contribution in [-0.4, -0.2) is 53.6 Å². The molecule has 1 aliphatic rings. The quantitative estimate of drug-likeness (QED) is 0.633. The molecule has 2 heterocycles. The maximum Gasteiger partial charge on any atom is 0.253 e. The maximum absolute atomic E-state index is 12.1. The van der Waals surface area contributed by atoms with Gasteiger partial charge in [-0.1, -0.05) is 24.3 Å². The first kappa shape index (κ1) is 19.7. The number of carbonyl (C=O) groups excluding carboxylic acids is 2. The Morgan fingerprint density at radius 3 is 2.68 bits per heavy atom. The van der Waals surface area contributed by atoms with Gasteiger partial charge in [-0.15, -0.1) is 0 Å². The summed E-state index contributed by atoms with van der Waals surface area (Å²) >= 11 is 0. The molecule has 0 unspecified atom stereocenters. The number of amides is 2. The van der Waals surface area contributed by atoms with Crippen molar-refractivity contribution in [2.45, 2.75) is 19.9 Å². The summed E-state index contributed by atoms with van der Waals surface area (Å²) in [6.07, 6.45) is 3.96. The van der Waals surface area contributed by atoms with E-state index in [0.29, 0.717) is 30.8 Å². The lowest BCUT2D eigenvalue weighted by atomic mass is 10.0. The van der Waals surface area contributed by atoms with Gasteiger partial charge in [0.25, 0.3) is 5.91 Å². The topological polar surface area (TPSA) is 98.2 Å². The third-order valence-electron chi connectivity index (χ3n) is 4.56. The van der Waals surface area contributed by atoms with Gasteiger partial charge < -0.3 is 20.9 Å². The number of nitrogens with one attached hydrogen (secondary N) is 3. The van der Waals surface area contributed by atoms with E-state index in [-0.39, 0.29) is 18.4 Å². The van der Waals surface area contributed by atoms with Gasteiger partial charge in [-0.05, 0) is 36.1 Å². The van der Waals surface area contributed by atoms with Crippen LogP contribution < -0.4 is 10.6 Å². The lowest BCUT2D eigenvalue weighted by Crippen LogP contribution is -2.47. The van der Waals surface area contributed by atoms with E-state index in [1.165, 1.54) is 6.20 Å². The second-order valence-electron chi connectivity index (χ2n) is 7.03. The molecule has 3 rings (SSSR count). The minimum Gasteiger partial charge on any atom is -0.347 e. The Morgan fingerprint density at radius 1 is 1.21 bits per heavy atom. The Bertz CT molecular complexity index is 863. The molecule has 7 heteroatoms. The Labute approximate surface area is 164 Å². The number of piperazine rings is 1. The van der Waals surface area contributed by atoms with Crippen molar-refractivity contribution in [3.63, 3.8) is 0 Å². The lowest BCUT2D eigenvalue weighted by Gasteiger charge is -2.27. The van der Waals surface area contributed by atoms with Crippen LogP contribution in [0, 0.1) is 5.41 Å². The molecule has 0 saturated carbocycles. The SMILES string of the molecule is CC(=N)CNC(=O)c1cncc(Cc2ccc(CN3CCNCC3=O)cc2)c1. The van der Waals surface area contributed by atoms with Crippen molar-refractivity contribution >= 4 is 17.5 Å². The Balaban J connectivity index is 1.61. The van der Waals surface area contributed by atoms with Crippen molar-refractivity contribution in [2.75, 3.05) is 26.2 Å². The molecule has 0 radical (unpaired) electrons. The number of rotatable bonds is 7. The molecule has 146 valence electrons. The molecule has 2 aromatic rings. The van der Waals surface area contributed by atoms with Gasteiger partial charge in [0.1, 0.15) is 0 Å². The fourth-order valence-corrected chi connectivity index (χ4v) is 3.06. The number of pyridine rings is 1. The molecule has 0 atom stereocenters. The van der Waals surface area contributed by atoms with Crippen LogP contribution in [0.4, 0.5) is 0 Å². The molecule has 28 heavy (non-hydrogen) atoms. The van der Waals surface area contributed by atoms with Gasteiger partial charge in [-0.2, -0.15) is 0 Å². The van der Waals surface area contributed by atoms with Gasteiger partial charge >= 0.3 is 0 Å². The van der Waals surface area contributed by atoms with Crippen LogP contribution in [0.5, 0.6) is 0 Å². The number of nitrogens with zero attached hydrogens (tertiary/aromatic N) is 2. The van der Waals surface area contributed by atoms with E-state index in [2.05, 4.69) is 15.6 Å². The first-order chi connectivity index (χ1) is 13.5. The molecule has 0 bridgehead atoms. The molecule has 2 amide bonds. The first-order valence-electron chi connectivity index (χ1n) is 9.34. The zero-order chi connectivity index (χ0) is 19.9. The Morgan fingerprint density at radius 2 is 1.96 bits per heavy atom. The molecule has 0 aliphatic carbocycles. The lowest BCUT2D eigenvalue weighted by molar-refractivity contribution is -0.132. The first-order valence-corrected chi connectivity index (χ1v) is 9.34. The average Bonchev–Trinajstić information content (AvgIpc) is 2.69. The van der Waals surface area contributed by atoms with E-state index >= 15 is 0 Å². The highest BCUT2D eigenvalue weighted by molar-refractivity contribution is 5.96. The minimum atomic E-state index is -0.225.